The lowest BCUT2D eigenvalue weighted by molar-refractivity contribution is -0.156. The number of rotatable bonds is 5. The number of aliphatic carboxylic acids is 1. The van der Waals surface area contributed by atoms with Crippen LogP contribution in [-0.2, 0) is 4.79 Å². The zero-order chi connectivity index (χ0) is 12.2. The standard InChI is InChI=1S/C13H18O3/c1-4-13(5-2,12(14)15)16-11-9-7-6-8-10(11)3/h6-9H,4-5H2,1-3H3,(H,14,15). The minimum absolute atomic E-state index is 0.452. The Balaban J connectivity index is 3.01. The molecule has 0 aromatic heterocycles. The average molecular weight is 222 g/mol. The van der Waals surface area contributed by atoms with Gasteiger partial charge >= 0.3 is 5.97 Å². The number of benzene rings is 1. The van der Waals surface area contributed by atoms with E-state index < -0.39 is 11.6 Å². The van der Waals surface area contributed by atoms with Crippen molar-refractivity contribution in [2.75, 3.05) is 0 Å². The molecule has 88 valence electrons. The van der Waals surface area contributed by atoms with Crippen molar-refractivity contribution in [2.45, 2.75) is 39.2 Å². The molecule has 0 unspecified atom stereocenters. The maximum Gasteiger partial charge on any atom is 0.348 e. The van der Waals surface area contributed by atoms with Crippen molar-refractivity contribution in [2.24, 2.45) is 0 Å². The predicted octanol–water partition coefficient (Wildman–Crippen LogP) is 3.02. The van der Waals surface area contributed by atoms with Crippen LogP contribution in [0.15, 0.2) is 24.3 Å². The number of hydrogen-bond acceptors (Lipinski definition) is 2. The Morgan fingerprint density at radius 3 is 2.31 bits per heavy atom. The molecule has 0 bridgehead atoms. The highest BCUT2D eigenvalue weighted by Crippen LogP contribution is 2.27. The fraction of sp³-hybridized carbons (Fsp3) is 0.462. The summed E-state index contributed by atoms with van der Waals surface area (Å²) in [5.74, 6) is -0.255. The molecule has 0 aliphatic heterocycles. The molecule has 0 aliphatic carbocycles. The number of aryl methyl sites for hydroxylation is 1. The van der Waals surface area contributed by atoms with Crippen molar-refractivity contribution < 1.29 is 14.6 Å². The second-order valence-corrected chi connectivity index (χ2v) is 3.87. The van der Waals surface area contributed by atoms with Gasteiger partial charge in [0, 0.05) is 0 Å². The Labute approximate surface area is 96.1 Å². The molecule has 1 aromatic rings. The van der Waals surface area contributed by atoms with Crippen molar-refractivity contribution in [1.82, 2.24) is 0 Å². The van der Waals surface area contributed by atoms with E-state index in [1.807, 2.05) is 39.0 Å². The molecule has 1 rings (SSSR count). The molecule has 0 aliphatic rings. The molecule has 0 atom stereocenters. The van der Waals surface area contributed by atoms with Crippen LogP contribution in [0.4, 0.5) is 0 Å². The Morgan fingerprint density at radius 2 is 1.88 bits per heavy atom. The quantitative estimate of drug-likeness (QED) is 0.833. The first kappa shape index (κ1) is 12.6. The number of carboxylic acids is 1. The lowest BCUT2D eigenvalue weighted by atomic mass is 9.97. The molecule has 1 N–H and O–H groups in total. The molecule has 0 heterocycles. The molecule has 16 heavy (non-hydrogen) atoms. The number of carboxylic acid groups (broad SMARTS) is 1. The van der Waals surface area contributed by atoms with Gasteiger partial charge in [0.1, 0.15) is 5.75 Å². The number of para-hydroxylation sites is 1. The Kier molecular flexibility index (Phi) is 3.93. The first-order chi connectivity index (χ1) is 7.55. The van der Waals surface area contributed by atoms with E-state index in [0.29, 0.717) is 18.6 Å². The lowest BCUT2D eigenvalue weighted by Gasteiger charge is -2.28. The molecule has 0 spiro atoms. The third-order valence-electron chi connectivity index (χ3n) is 2.93. The summed E-state index contributed by atoms with van der Waals surface area (Å²) in [6.45, 7) is 5.57. The smallest absolute Gasteiger partial charge is 0.348 e. The lowest BCUT2D eigenvalue weighted by Crippen LogP contribution is -2.43. The minimum Gasteiger partial charge on any atom is -0.478 e. The fourth-order valence-corrected chi connectivity index (χ4v) is 1.62. The normalized spacial score (nSPS) is 11.2. The van der Waals surface area contributed by atoms with E-state index in [4.69, 9.17) is 4.74 Å². The third-order valence-corrected chi connectivity index (χ3v) is 2.93. The first-order valence-corrected chi connectivity index (χ1v) is 5.53. The topological polar surface area (TPSA) is 46.5 Å². The van der Waals surface area contributed by atoms with Crippen molar-refractivity contribution >= 4 is 5.97 Å². The summed E-state index contributed by atoms with van der Waals surface area (Å²) in [6.07, 6.45) is 0.903. The Bertz CT molecular complexity index is 367. The summed E-state index contributed by atoms with van der Waals surface area (Å²) in [7, 11) is 0. The minimum atomic E-state index is -1.11. The molecule has 0 saturated heterocycles. The van der Waals surface area contributed by atoms with Crippen molar-refractivity contribution in [1.29, 1.82) is 0 Å². The second kappa shape index (κ2) is 5.01. The van der Waals surface area contributed by atoms with Gasteiger partial charge in [0.05, 0.1) is 0 Å². The van der Waals surface area contributed by atoms with Gasteiger partial charge in [-0.3, -0.25) is 0 Å². The zero-order valence-corrected chi connectivity index (χ0v) is 9.99. The molecule has 0 saturated carbocycles. The van der Waals surface area contributed by atoms with Crippen molar-refractivity contribution in [3.63, 3.8) is 0 Å². The summed E-state index contributed by atoms with van der Waals surface area (Å²) in [5.41, 5.74) is -0.151. The van der Waals surface area contributed by atoms with E-state index in [2.05, 4.69) is 0 Å². The van der Waals surface area contributed by atoms with Gasteiger partial charge < -0.3 is 9.84 Å². The van der Waals surface area contributed by atoms with E-state index in [1.165, 1.54) is 0 Å². The maximum absolute atomic E-state index is 11.3. The van der Waals surface area contributed by atoms with Gasteiger partial charge in [-0.2, -0.15) is 0 Å². The zero-order valence-electron chi connectivity index (χ0n) is 9.99. The molecular weight excluding hydrogens is 204 g/mol. The molecule has 0 fully saturated rings. The molecule has 3 nitrogen and oxygen atoms in total. The number of carbonyl (C=O) groups is 1. The first-order valence-electron chi connectivity index (χ1n) is 5.53. The highest BCUT2D eigenvalue weighted by Gasteiger charge is 2.37. The van der Waals surface area contributed by atoms with Crippen LogP contribution in [0.5, 0.6) is 5.75 Å². The largest absolute Gasteiger partial charge is 0.478 e. The van der Waals surface area contributed by atoms with Gasteiger partial charge in [-0.1, -0.05) is 32.0 Å². The van der Waals surface area contributed by atoms with Crippen molar-refractivity contribution in [3.05, 3.63) is 29.8 Å². The van der Waals surface area contributed by atoms with E-state index >= 15 is 0 Å². The van der Waals surface area contributed by atoms with Crippen molar-refractivity contribution in [3.8, 4) is 5.75 Å². The molecular formula is C13H18O3. The monoisotopic (exact) mass is 222 g/mol. The Morgan fingerprint density at radius 1 is 1.31 bits per heavy atom. The van der Waals surface area contributed by atoms with Crippen LogP contribution in [0.25, 0.3) is 0 Å². The van der Waals surface area contributed by atoms with Crippen LogP contribution in [-0.4, -0.2) is 16.7 Å². The Hall–Kier alpha value is -1.51. The average Bonchev–Trinajstić information content (AvgIpc) is 2.28. The summed E-state index contributed by atoms with van der Waals surface area (Å²) in [4.78, 5) is 11.3. The van der Waals surface area contributed by atoms with Crippen LogP contribution < -0.4 is 4.74 Å². The number of hydrogen-bond donors (Lipinski definition) is 1. The second-order valence-electron chi connectivity index (χ2n) is 3.87. The summed E-state index contributed by atoms with van der Waals surface area (Å²) < 4.78 is 5.69. The highest BCUT2D eigenvalue weighted by atomic mass is 16.5. The summed E-state index contributed by atoms with van der Waals surface area (Å²) >= 11 is 0. The van der Waals surface area contributed by atoms with Gasteiger partial charge in [0.25, 0.3) is 0 Å². The molecule has 0 radical (unpaired) electrons. The molecule has 3 heteroatoms. The van der Waals surface area contributed by atoms with E-state index in [-0.39, 0.29) is 0 Å². The van der Waals surface area contributed by atoms with Crippen LogP contribution in [0.1, 0.15) is 32.3 Å². The van der Waals surface area contributed by atoms with E-state index in [9.17, 15) is 9.90 Å². The SMILES string of the molecule is CCC(CC)(Oc1ccccc1C)C(=O)O. The van der Waals surface area contributed by atoms with Crippen LogP contribution in [0.3, 0.4) is 0 Å². The van der Waals surface area contributed by atoms with E-state index in [1.54, 1.807) is 6.07 Å². The van der Waals surface area contributed by atoms with E-state index in [0.717, 1.165) is 5.56 Å². The van der Waals surface area contributed by atoms with Gasteiger partial charge in [-0.05, 0) is 31.4 Å². The number of ether oxygens (including phenoxy) is 1. The van der Waals surface area contributed by atoms with Crippen LogP contribution in [0.2, 0.25) is 0 Å². The maximum atomic E-state index is 11.3. The van der Waals surface area contributed by atoms with Gasteiger partial charge in [-0.25, -0.2) is 4.79 Å². The van der Waals surface area contributed by atoms with Gasteiger partial charge in [-0.15, -0.1) is 0 Å². The predicted molar refractivity (Wildman–Crippen MR) is 62.8 cm³/mol. The third kappa shape index (κ3) is 2.35. The van der Waals surface area contributed by atoms with Crippen LogP contribution >= 0.6 is 0 Å². The molecule has 1 aromatic carbocycles. The molecule has 0 amide bonds. The summed E-state index contributed by atoms with van der Waals surface area (Å²) in [5, 5.41) is 9.25. The van der Waals surface area contributed by atoms with Gasteiger partial charge in [0.15, 0.2) is 0 Å². The van der Waals surface area contributed by atoms with Crippen LogP contribution in [0, 0.1) is 6.92 Å². The summed E-state index contributed by atoms with van der Waals surface area (Å²) in [6, 6.07) is 7.47. The highest BCUT2D eigenvalue weighted by molar-refractivity contribution is 5.77. The van der Waals surface area contributed by atoms with Gasteiger partial charge in [0.2, 0.25) is 5.60 Å². The fourth-order valence-electron chi connectivity index (χ4n) is 1.62.